The Morgan fingerprint density at radius 1 is 0.783 bits per heavy atom. The Balaban J connectivity index is 1.47. The van der Waals surface area contributed by atoms with Crippen molar-refractivity contribution in [3.05, 3.63) is 66.6 Å². The molecule has 0 saturated carbocycles. The molecule has 0 aliphatic carbocycles. The Kier molecular flexibility index (Phi) is 3.90. The maximum atomic E-state index is 4.46. The van der Waals surface area contributed by atoms with Crippen LogP contribution in [0.1, 0.15) is 5.69 Å². The topological polar surface area (TPSA) is 32.3 Å². The van der Waals surface area contributed by atoms with Gasteiger partial charge >= 0.3 is 0 Å². The van der Waals surface area contributed by atoms with E-state index in [0.29, 0.717) is 0 Å². The Bertz CT molecular complexity index is 774. The van der Waals surface area contributed by atoms with Crippen LogP contribution in [0.25, 0.3) is 10.9 Å². The smallest absolute Gasteiger partial charge is 0.0722 e. The van der Waals surface area contributed by atoms with Crippen LogP contribution in [0, 0.1) is 0 Å². The van der Waals surface area contributed by atoms with Crippen molar-refractivity contribution in [3.8, 4) is 0 Å². The van der Waals surface area contributed by atoms with Gasteiger partial charge in [-0.1, -0.05) is 24.3 Å². The van der Waals surface area contributed by atoms with E-state index < -0.39 is 0 Å². The van der Waals surface area contributed by atoms with Gasteiger partial charge in [0.1, 0.15) is 0 Å². The Morgan fingerprint density at radius 3 is 2.43 bits per heavy atom. The molecular formula is C19H20N4. The minimum Gasteiger partial charge on any atom is -0.368 e. The van der Waals surface area contributed by atoms with Crippen LogP contribution in [0.3, 0.4) is 0 Å². The lowest BCUT2D eigenvalue weighted by Crippen LogP contribution is -2.46. The first-order valence-corrected chi connectivity index (χ1v) is 8.11. The van der Waals surface area contributed by atoms with Gasteiger partial charge in [-0.3, -0.25) is 14.9 Å². The summed E-state index contributed by atoms with van der Waals surface area (Å²) in [5, 5.41) is 1.24. The van der Waals surface area contributed by atoms with E-state index in [-0.39, 0.29) is 0 Å². The molecule has 1 aliphatic heterocycles. The zero-order chi connectivity index (χ0) is 15.5. The highest BCUT2D eigenvalue weighted by Gasteiger charge is 2.19. The van der Waals surface area contributed by atoms with Gasteiger partial charge in [0.05, 0.1) is 11.2 Å². The predicted octanol–water partition coefficient (Wildman–Crippen LogP) is 2.95. The van der Waals surface area contributed by atoms with Crippen LogP contribution in [-0.4, -0.2) is 41.0 Å². The van der Waals surface area contributed by atoms with Crippen molar-refractivity contribution >= 4 is 16.6 Å². The second-order valence-electron chi connectivity index (χ2n) is 5.93. The van der Waals surface area contributed by atoms with Crippen molar-refractivity contribution in [1.29, 1.82) is 0 Å². The summed E-state index contributed by atoms with van der Waals surface area (Å²) in [6.07, 6.45) is 3.78. The van der Waals surface area contributed by atoms with Gasteiger partial charge in [0.25, 0.3) is 0 Å². The average Bonchev–Trinajstić information content (AvgIpc) is 2.63. The number of piperazine rings is 1. The molecule has 0 atom stereocenters. The van der Waals surface area contributed by atoms with Crippen molar-refractivity contribution in [1.82, 2.24) is 14.9 Å². The highest BCUT2D eigenvalue weighted by molar-refractivity contribution is 5.91. The lowest BCUT2D eigenvalue weighted by molar-refractivity contribution is 0.247. The monoisotopic (exact) mass is 304 g/mol. The number of aromatic nitrogens is 2. The highest BCUT2D eigenvalue weighted by atomic mass is 15.3. The molecule has 4 rings (SSSR count). The number of pyridine rings is 2. The van der Waals surface area contributed by atoms with Gasteiger partial charge in [-0.15, -0.1) is 0 Å². The van der Waals surface area contributed by atoms with Crippen LogP contribution in [0.15, 0.2) is 60.9 Å². The van der Waals surface area contributed by atoms with Gasteiger partial charge in [0.15, 0.2) is 0 Å². The normalized spacial score (nSPS) is 15.9. The summed E-state index contributed by atoms with van der Waals surface area (Å²) in [4.78, 5) is 13.8. The Morgan fingerprint density at radius 2 is 1.61 bits per heavy atom. The first-order chi connectivity index (χ1) is 11.4. The predicted molar refractivity (Wildman–Crippen MR) is 93.5 cm³/mol. The molecule has 0 radical (unpaired) electrons. The van der Waals surface area contributed by atoms with E-state index in [0.717, 1.165) is 43.9 Å². The van der Waals surface area contributed by atoms with Gasteiger partial charge < -0.3 is 4.90 Å². The van der Waals surface area contributed by atoms with Gasteiger partial charge in [0.2, 0.25) is 0 Å². The summed E-state index contributed by atoms with van der Waals surface area (Å²) in [5.41, 5.74) is 3.52. The molecule has 1 saturated heterocycles. The van der Waals surface area contributed by atoms with Crippen LogP contribution in [0.4, 0.5) is 5.69 Å². The third-order valence-corrected chi connectivity index (χ3v) is 4.45. The van der Waals surface area contributed by atoms with E-state index in [1.54, 1.807) is 0 Å². The van der Waals surface area contributed by atoms with Gasteiger partial charge in [0, 0.05) is 56.2 Å². The molecule has 1 fully saturated rings. The number of hydrogen-bond acceptors (Lipinski definition) is 4. The first-order valence-electron chi connectivity index (χ1n) is 8.11. The third-order valence-electron chi connectivity index (χ3n) is 4.45. The highest BCUT2D eigenvalue weighted by Crippen LogP contribution is 2.26. The standard InChI is InChI=1S/C19H20N4/c1-2-7-18-17(6-1)19(8-10-21-18)23-13-11-22(12-14-23)15-16-5-3-4-9-20-16/h1-10H,11-15H2. The van der Waals surface area contributed by atoms with Crippen molar-refractivity contribution in [2.75, 3.05) is 31.1 Å². The maximum absolute atomic E-state index is 4.46. The third kappa shape index (κ3) is 3.03. The van der Waals surface area contributed by atoms with Crippen LogP contribution < -0.4 is 4.90 Å². The number of benzene rings is 1. The van der Waals surface area contributed by atoms with E-state index >= 15 is 0 Å². The molecule has 3 aromatic rings. The molecular weight excluding hydrogens is 284 g/mol. The van der Waals surface area contributed by atoms with E-state index in [4.69, 9.17) is 0 Å². The molecule has 0 amide bonds. The Hall–Kier alpha value is -2.46. The summed E-state index contributed by atoms with van der Waals surface area (Å²) < 4.78 is 0. The van der Waals surface area contributed by atoms with Crippen molar-refractivity contribution in [3.63, 3.8) is 0 Å². The van der Waals surface area contributed by atoms with E-state index in [1.807, 2.05) is 24.5 Å². The van der Waals surface area contributed by atoms with Gasteiger partial charge in [-0.25, -0.2) is 0 Å². The van der Waals surface area contributed by atoms with E-state index in [2.05, 4.69) is 56.2 Å². The second kappa shape index (κ2) is 6.34. The molecule has 4 heteroatoms. The number of fused-ring (bicyclic) bond motifs is 1. The molecule has 0 spiro atoms. The summed E-state index contributed by atoms with van der Waals surface area (Å²) in [5.74, 6) is 0. The average molecular weight is 304 g/mol. The molecule has 4 nitrogen and oxygen atoms in total. The van der Waals surface area contributed by atoms with Crippen molar-refractivity contribution < 1.29 is 0 Å². The SMILES string of the molecule is c1ccc(CN2CCN(c3ccnc4ccccc34)CC2)nc1. The molecule has 3 heterocycles. The van der Waals surface area contributed by atoms with Crippen LogP contribution in [0.2, 0.25) is 0 Å². The van der Waals surface area contributed by atoms with E-state index in [9.17, 15) is 0 Å². The van der Waals surface area contributed by atoms with E-state index in [1.165, 1.54) is 11.1 Å². The first kappa shape index (κ1) is 14.2. The molecule has 1 aromatic carbocycles. The zero-order valence-corrected chi connectivity index (χ0v) is 13.1. The zero-order valence-electron chi connectivity index (χ0n) is 13.1. The van der Waals surface area contributed by atoms with Gasteiger partial charge in [-0.2, -0.15) is 0 Å². The number of para-hydroxylation sites is 1. The van der Waals surface area contributed by atoms with Crippen LogP contribution >= 0.6 is 0 Å². The molecule has 116 valence electrons. The molecule has 23 heavy (non-hydrogen) atoms. The Labute approximate surface area is 136 Å². The maximum Gasteiger partial charge on any atom is 0.0722 e. The lowest BCUT2D eigenvalue weighted by atomic mass is 10.1. The van der Waals surface area contributed by atoms with Crippen LogP contribution in [0.5, 0.6) is 0 Å². The summed E-state index contributed by atoms with van der Waals surface area (Å²) in [6, 6.07) is 16.6. The fourth-order valence-corrected chi connectivity index (χ4v) is 3.22. The summed E-state index contributed by atoms with van der Waals surface area (Å²) >= 11 is 0. The fourth-order valence-electron chi connectivity index (χ4n) is 3.22. The van der Waals surface area contributed by atoms with Crippen LogP contribution in [-0.2, 0) is 6.54 Å². The molecule has 1 aliphatic rings. The number of anilines is 1. The molecule has 0 N–H and O–H groups in total. The molecule has 0 bridgehead atoms. The minimum absolute atomic E-state index is 0.936. The largest absolute Gasteiger partial charge is 0.368 e. The number of nitrogens with zero attached hydrogens (tertiary/aromatic N) is 4. The van der Waals surface area contributed by atoms with Crippen molar-refractivity contribution in [2.45, 2.75) is 6.54 Å². The molecule has 0 unspecified atom stereocenters. The van der Waals surface area contributed by atoms with Crippen molar-refractivity contribution in [2.24, 2.45) is 0 Å². The fraction of sp³-hybridized carbons (Fsp3) is 0.263. The lowest BCUT2D eigenvalue weighted by Gasteiger charge is -2.36. The summed E-state index contributed by atoms with van der Waals surface area (Å²) in [7, 11) is 0. The second-order valence-corrected chi connectivity index (χ2v) is 5.93. The quantitative estimate of drug-likeness (QED) is 0.745. The molecule has 2 aromatic heterocycles. The summed E-state index contributed by atoms with van der Waals surface area (Å²) in [6.45, 7) is 5.15. The van der Waals surface area contributed by atoms with Gasteiger partial charge in [-0.05, 0) is 24.3 Å². The number of rotatable bonds is 3. The number of hydrogen-bond donors (Lipinski definition) is 0. The minimum atomic E-state index is 0.936.